The third kappa shape index (κ3) is 2.89. The van der Waals surface area contributed by atoms with E-state index in [-0.39, 0.29) is 28.5 Å². The molecule has 2 bridgehead atoms. The van der Waals surface area contributed by atoms with E-state index >= 15 is 0 Å². The summed E-state index contributed by atoms with van der Waals surface area (Å²) in [6, 6.07) is 7.32. The number of rotatable bonds is 3. The maximum Gasteiger partial charge on any atom is 0.360 e. The van der Waals surface area contributed by atoms with Crippen molar-refractivity contribution in [2.45, 2.75) is 65.0 Å². The lowest BCUT2D eigenvalue weighted by Gasteiger charge is -2.56. The van der Waals surface area contributed by atoms with Gasteiger partial charge in [0.05, 0.1) is 23.6 Å². The number of para-hydroxylation sites is 1. The molecule has 8 nitrogen and oxygen atoms in total. The number of fused-ring (bicyclic) bond motifs is 4. The number of aliphatic hydroxyl groups is 4. The zero-order valence-electron chi connectivity index (χ0n) is 22.8. The van der Waals surface area contributed by atoms with E-state index < -0.39 is 47.3 Å². The Kier molecular flexibility index (Phi) is 5.27. The lowest BCUT2D eigenvalue weighted by Crippen LogP contribution is -2.69. The molecule has 38 heavy (non-hydrogen) atoms. The van der Waals surface area contributed by atoms with E-state index in [9.17, 15) is 25.2 Å². The second kappa shape index (κ2) is 7.78. The normalized spacial score (nSPS) is 40.4. The first-order valence-electron chi connectivity index (χ1n) is 13.5. The third-order valence-electron chi connectivity index (χ3n) is 10.7. The van der Waals surface area contributed by atoms with Gasteiger partial charge in [-0.1, -0.05) is 58.0 Å². The van der Waals surface area contributed by atoms with Crippen LogP contribution in [0.15, 0.2) is 47.6 Å². The van der Waals surface area contributed by atoms with Crippen LogP contribution in [0.2, 0.25) is 0 Å². The number of nitrogens with zero attached hydrogens (tertiary/aromatic N) is 2. The lowest BCUT2D eigenvalue weighted by atomic mass is 9.51. The van der Waals surface area contributed by atoms with Crippen molar-refractivity contribution in [3.05, 3.63) is 53.3 Å². The van der Waals surface area contributed by atoms with Crippen molar-refractivity contribution in [1.82, 2.24) is 9.78 Å². The number of aryl methyl sites for hydroxylation is 1. The van der Waals surface area contributed by atoms with Crippen molar-refractivity contribution in [1.29, 1.82) is 0 Å². The first-order chi connectivity index (χ1) is 17.7. The topological polar surface area (TPSA) is 125 Å². The molecule has 1 aromatic heterocycles. The average molecular weight is 523 g/mol. The van der Waals surface area contributed by atoms with Crippen LogP contribution in [0.25, 0.3) is 10.9 Å². The number of hydrogen-bond acceptors (Lipinski definition) is 7. The van der Waals surface area contributed by atoms with Crippen molar-refractivity contribution in [3.8, 4) is 0 Å². The number of aromatic nitrogens is 2. The minimum Gasteiger partial charge on any atom is -0.450 e. The molecule has 2 saturated carbocycles. The molecule has 4 aliphatic rings. The Hall–Kier alpha value is -2.52. The molecule has 1 heterocycles. The van der Waals surface area contributed by atoms with Gasteiger partial charge < -0.3 is 25.2 Å². The summed E-state index contributed by atoms with van der Waals surface area (Å²) >= 11 is 0. The molecular formula is C30H38N2O6. The maximum absolute atomic E-state index is 13.6. The monoisotopic (exact) mass is 522 g/mol. The van der Waals surface area contributed by atoms with Crippen LogP contribution in [0.4, 0.5) is 0 Å². The molecule has 4 N–H and O–H groups in total. The van der Waals surface area contributed by atoms with Crippen molar-refractivity contribution in [2.24, 2.45) is 41.0 Å². The van der Waals surface area contributed by atoms with Gasteiger partial charge in [0, 0.05) is 18.4 Å². The molecule has 204 valence electrons. The van der Waals surface area contributed by atoms with Gasteiger partial charge in [0.25, 0.3) is 0 Å². The van der Waals surface area contributed by atoms with Crippen LogP contribution in [0.5, 0.6) is 0 Å². The van der Waals surface area contributed by atoms with Crippen LogP contribution >= 0.6 is 0 Å². The first kappa shape index (κ1) is 25.7. The van der Waals surface area contributed by atoms with E-state index in [0.29, 0.717) is 16.9 Å². The Bertz CT molecular complexity index is 1400. The summed E-state index contributed by atoms with van der Waals surface area (Å²) in [5.41, 5.74) is -2.45. The Morgan fingerprint density at radius 1 is 1.18 bits per heavy atom. The maximum atomic E-state index is 13.6. The summed E-state index contributed by atoms with van der Waals surface area (Å²) in [5.74, 6) is -0.650. The van der Waals surface area contributed by atoms with Gasteiger partial charge in [0.1, 0.15) is 11.7 Å². The number of hydrogen-bond donors (Lipinski definition) is 4. The van der Waals surface area contributed by atoms with Crippen LogP contribution < -0.4 is 0 Å². The number of carbonyl (C=O) groups is 1. The van der Waals surface area contributed by atoms with E-state index in [1.54, 1.807) is 30.8 Å². The molecule has 0 aliphatic heterocycles. The average Bonchev–Trinajstić information content (AvgIpc) is 3.14. The van der Waals surface area contributed by atoms with E-state index in [1.165, 1.54) is 0 Å². The molecule has 8 atom stereocenters. The van der Waals surface area contributed by atoms with E-state index in [4.69, 9.17) is 4.74 Å². The van der Waals surface area contributed by atoms with Gasteiger partial charge in [0.15, 0.2) is 11.8 Å². The van der Waals surface area contributed by atoms with Crippen LogP contribution in [-0.2, 0) is 11.8 Å². The van der Waals surface area contributed by atoms with Gasteiger partial charge in [0.2, 0.25) is 0 Å². The molecule has 0 amide bonds. The highest BCUT2D eigenvalue weighted by molar-refractivity contribution is 6.02. The van der Waals surface area contributed by atoms with Gasteiger partial charge >= 0.3 is 5.97 Å². The number of aliphatic hydroxyl groups excluding tert-OH is 3. The summed E-state index contributed by atoms with van der Waals surface area (Å²) in [6.45, 7) is 9.71. The number of carbonyl (C=O) groups excluding carboxylic acids is 1. The Morgan fingerprint density at radius 3 is 2.55 bits per heavy atom. The lowest BCUT2D eigenvalue weighted by molar-refractivity contribution is -0.234. The van der Waals surface area contributed by atoms with Crippen molar-refractivity contribution < 1.29 is 30.0 Å². The van der Waals surface area contributed by atoms with Gasteiger partial charge in [-0.05, 0) is 53.2 Å². The fraction of sp³-hybridized carbons (Fsp3) is 0.600. The predicted octanol–water partition coefficient (Wildman–Crippen LogP) is 2.75. The zero-order chi connectivity index (χ0) is 27.6. The molecule has 6 rings (SSSR count). The van der Waals surface area contributed by atoms with E-state index in [1.807, 2.05) is 38.1 Å². The fourth-order valence-corrected chi connectivity index (χ4v) is 8.77. The molecule has 4 aliphatic carbocycles. The summed E-state index contributed by atoms with van der Waals surface area (Å²) in [4.78, 5) is 13.6. The molecule has 0 saturated heterocycles. The fourth-order valence-electron chi connectivity index (χ4n) is 8.77. The quantitative estimate of drug-likeness (QED) is 0.361. The van der Waals surface area contributed by atoms with Gasteiger partial charge in [-0.2, -0.15) is 5.10 Å². The SMILES string of the molecule is CC1=C[C@]23C(O)[C@@H](C=C(CO)[C@@H](O)[C@]2(O)[C@H]1OC(=O)c1nn(C)c2ccccc12)[C@H]1[C@@H](CC3(C)C)C1(C)C. The van der Waals surface area contributed by atoms with E-state index in [0.717, 1.165) is 11.9 Å². The molecular weight excluding hydrogens is 484 g/mol. The second-order valence-corrected chi connectivity index (χ2v) is 13.2. The summed E-state index contributed by atoms with van der Waals surface area (Å²) < 4.78 is 7.66. The molecule has 1 unspecified atom stereocenters. The standard InChI is InChI=1S/C30H38N2O6/c1-15-12-29-24(35)18(21-19(28(21,4)5)13-27(29,2)3)11-16(14-33)23(34)30(29,37)25(15)38-26(36)22-17-9-7-8-10-20(17)32(6)31-22/h7-12,18-19,21,23-25,33-35,37H,13-14H2,1-6H3/t18-,19+,21-,23+,24?,25-,29+,30-/m0/s1. The van der Waals surface area contributed by atoms with Crippen molar-refractivity contribution >= 4 is 16.9 Å². The minimum absolute atomic E-state index is 0.0156. The second-order valence-electron chi connectivity index (χ2n) is 13.2. The first-order valence-corrected chi connectivity index (χ1v) is 13.5. The Morgan fingerprint density at radius 2 is 1.87 bits per heavy atom. The molecule has 2 fully saturated rings. The van der Waals surface area contributed by atoms with Gasteiger partial charge in [-0.3, -0.25) is 4.68 Å². The summed E-state index contributed by atoms with van der Waals surface area (Å²) in [5, 5.41) is 52.1. The molecule has 0 radical (unpaired) electrons. The number of ether oxygens (including phenoxy) is 1. The molecule has 1 spiro atoms. The molecule has 1 aromatic carbocycles. The smallest absolute Gasteiger partial charge is 0.360 e. The van der Waals surface area contributed by atoms with Gasteiger partial charge in [-0.15, -0.1) is 0 Å². The predicted molar refractivity (Wildman–Crippen MR) is 141 cm³/mol. The van der Waals surface area contributed by atoms with Crippen LogP contribution in [0, 0.1) is 34.0 Å². The van der Waals surface area contributed by atoms with Gasteiger partial charge in [-0.25, -0.2) is 4.79 Å². The highest BCUT2D eigenvalue weighted by Crippen LogP contribution is 2.75. The number of esters is 1. The molecule has 8 heteroatoms. The largest absolute Gasteiger partial charge is 0.450 e. The summed E-state index contributed by atoms with van der Waals surface area (Å²) in [6.07, 6.45) is 0.467. The zero-order valence-corrected chi connectivity index (χ0v) is 22.8. The Balaban J connectivity index is 1.50. The number of benzene rings is 1. The van der Waals surface area contributed by atoms with Crippen molar-refractivity contribution in [3.63, 3.8) is 0 Å². The minimum atomic E-state index is -2.11. The Labute approximate surface area is 222 Å². The highest BCUT2D eigenvalue weighted by atomic mass is 16.6. The van der Waals surface area contributed by atoms with Crippen LogP contribution in [0.1, 0.15) is 51.5 Å². The van der Waals surface area contributed by atoms with Crippen LogP contribution in [-0.4, -0.2) is 66.7 Å². The van der Waals surface area contributed by atoms with E-state index in [2.05, 4.69) is 18.9 Å². The van der Waals surface area contributed by atoms with Crippen molar-refractivity contribution in [2.75, 3.05) is 6.61 Å². The summed E-state index contributed by atoms with van der Waals surface area (Å²) in [7, 11) is 1.74. The van der Waals surface area contributed by atoms with Crippen LogP contribution in [0.3, 0.4) is 0 Å². The molecule has 2 aromatic rings. The third-order valence-corrected chi connectivity index (χ3v) is 10.7. The highest BCUT2D eigenvalue weighted by Gasteiger charge is 2.78.